The Bertz CT molecular complexity index is 1370. The first kappa shape index (κ1) is 21.2. The van der Waals surface area contributed by atoms with Crippen molar-refractivity contribution >= 4 is 56.1 Å². The molecule has 6 nitrogen and oxygen atoms in total. The lowest BCUT2D eigenvalue weighted by Crippen LogP contribution is -2.26. The van der Waals surface area contributed by atoms with E-state index in [1.165, 1.54) is 23.1 Å². The second-order valence-electron chi connectivity index (χ2n) is 7.47. The standard InChI is InChI=1S/C23H20N4O2S3/c1-14-7-8-16-18(11-14)32-22(24-16)26-19(28)13-31-23-25-17-9-10-30-20(17)21(29)27(23)12-15-5-3-2-4-6-15/h2-8,11H,9-10,12-13H2,1H3,(H,24,26,28). The first-order chi connectivity index (χ1) is 15.6. The topological polar surface area (TPSA) is 76.9 Å². The minimum atomic E-state index is -0.166. The van der Waals surface area contributed by atoms with Crippen molar-refractivity contribution in [3.63, 3.8) is 0 Å². The molecule has 0 radical (unpaired) electrons. The molecule has 0 saturated carbocycles. The highest BCUT2D eigenvalue weighted by molar-refractivity contribution is 8.00. The molecule has 1 aliphatic rings. The zero-order valence-corrected chi connectivity index (χ0v) is 19.8. The SMILES string of the molecule is Cc1ccc2nc(NC(=O)CSc3nc4c(c(=O)n3Cc3ccccc3)SCC4)sc2c1. The van der Waals surface area contributed by atoms with Crippen LogP contribution in [0.25, 0.3) is 10.2 Å². The molecule has 9 heteroatoms. The van der Waals surface area contributed by atoms with Crippen LogP contribution in [-0.2, 0) is 17.8 Å². The third kappa shape index (κ3) is 4.46. The Hall–Kier alpha value is -2.62. The first-order valence-electron chi connectivity index (χ1n) is 10.2. The number of nitrogens with zero attached hydrogens (tertiary/aromatic N) is 3. The first-order valence-corrected chi connectivity index (χ1v) is 13.0. The Kier molecular flexibility index (Phi) is 6.03. The van der Waals surface area contributed by atoms with Crippen molar-refractivity contribution < 1.29 is 4.79 Å². The number of anilines is 1. The Morgan fingerprint density at radius 1 is 1.19 bits per heavy atom. The van der Waals surface area contributed by atoms with Crippen molar-refractivity contribution in [1.82, 2.24) is 14.5 Å². The van der Waals surface area contributed by atoms with Gasteiger partial charge in [-0.2, -0.15) is 0 Å². The van der Waals surface area contributed by atoms with Crippen LogP contribution in [-0.4, -0.2) is 31.9 Å². The van der Waals surface area contributed by atoms with E-state index in [9.17, 15) is 9.59 Å². The van der Waals surface area contributed by atoms with Crippen LogP contribution >= 0.6 is 34.9 Å². The van der Waals surface area contributed by atoms with Crippen molar-refractivity contribution in [1.29, 1.82) is 0 Å². The quantitative estimate of drug-likeness (QED) is 0.321. The van der Waals surface area contributed by atoms with E-state index >= 15 is 0 Å². The zero-order chi connectivity index (χ0) is 22.1. The number of amides is 1. The number of carbonyl (C=O) groups is 1. The minimum absolute atomic E-state index is 0.0224. The van der Waals surface area contributed by atoms with Gasteiger partial charge in [0.15, 0.2) is 10.3 Å². The summed E-state index contributed by atoms with van der Waals surface area (Å²) < 4.78 is 2.73. The number of aryl methyl sites for hydroxylation is 2. The number of thiazole rings is 1. The van der Waals surface area contributed by atoms with E-state index in [4.69, 9.17) is 4.98 Å². The van der Waals surface area contributed by atoms with Crippen molar-refractivity contribution in [2.75, 3.05) is 16.8 Å². The predicted octanol–water partition coefficient (Wildman–Crippen LogP) is 4.59. The molecule has 2 aromatic carbocycles. The highest BCUT2D eigenvalue weighted by Crippen LogP contribution is 2.30. The van der Waals surface area contributed by atoms with Gasteiger partial charge >= 0.3 is 0 Å². The third-order valence-electron chi connectivity index (χ3n) is 5.05. The lowest BCUT2D eigenvalue weighted by Gasteiger charge is -2.13. The summed E-state index contributed by atoms with van der Waals surface area (Å²) in [6.45, 7) is 2.47. The van der Waals surface area contributed by atoms with E-state index in [0.717, 1.165) is 44.1 Å². The highest BCUT2D eigenvalue weighted by atomic mass is 32.2. The van der Waals surface area contributed by atoms with Gasteiger partial charge in [-0.3, -0.25) is 14.2 Å². The molecular formula is C23H20N4O2S3. The Labute approximate surface area is 197 Å². The molecule has 0 aliphatic carbocycles. The van der Waals surface area contributed by atoms with Crippen molar-refractivity contribution in [3.05, 3.63) is 75.7 Å². The predicted molar refractivity (Wildman–Crippen MR) is 132 cm³/mol. The summed E-state index contributed by atoms with van der Waals surface area (Å²) in [5.74, 6) is 0.859. The lowest BCUT2D eigenvalue weighted by atomic mass is 10.2. The minimum Gasteiger partial charge on any atom is -0.301 e. The smallest absolute Gasteiger partial charge is 0.268 e. The number of benzene rings is 2. The van der Waals surface area contributed by atoms with Crippen LogP contribution in [0.5, 0.6) is 0 Å². The Morgan fingerprint density at radius 3 is 2.88 bits per heavy atom. The number of hydrogen-bond donors (Lipinski definition) is 1. The van der Waals surface area contributed by atoms with Gasteiger partial charge < -0.3 is 5.32 Å². The molecule has 0 bridgehead atoms. The van der Waals surface area contributed by atoms with Crippen molar-refractivity contribution in [3.8, 4) is 0 Å². The van der Waals surface area contributed by atoms with Gasteiger partial charge in [0.25, 0.3) is 5.56 Å². The molecule has 2 aromatic heterocycles. The molecular weight excluding hydrogens is 460 g/mol. The van der Waals surface area contributed by atoms with E-state index in [1.54, 1.807) is 16.3 Å². The van der Waals surface area contributed by atoms with Crippen LogP contribution < -0.4 is 10.9 Å². The van der Waals surface area contributed by atoms with Crippen LogP contribution in [0, 0.1) is 6.92 Å². The number of thioether (sulfide) groups is 2. The van der Waals surface area contributed by atoms with Gasteiger partial charge in [0.1, 0.15) is 0 Å². The maximum absolute atomic E-state index is 13.1. The summed E-state index contributed by atoms with van der Waals surface area (Å²) >= 11 is 4.32. The number of fused-ring (bicyclic) bond motifs is 2. The fourth-order valence-electron chi connectivity index (χ4n) is 3.51. The molecule has 3 heterocycles. The molecule has 162 valence electrons. The molecule has 1 aliphatic heterocycles. The largest absolute Gasteiger partial charge is 0.301 e. The molecule has 4 aromatic rings. The monoisotopic (exact) mass is 480 g/mol. The molecule has 1 N–H and O–H groups in total. The number of aromatic nitrogens is 3. The van der Waals surface area contributed by atoms with Crippen LogP contribution in [0.15, 0.2) is 63.4 Å². The van der Waals surface area contributed by atoms with Crippen molar-refractivity contribution in [2.45, 2.75) is 29.9 Å². The number of carbonyl (C=O) groups excluding carboxylic acids is 1. The Morgan fingerprint density at radius 2 is 2.03 bits per heavy atom. The van der Waals surface area contributed by atoms with E-state index < -0.39 is 0 Å². The summed E-state index contributed by atoms with van der Waals surface area (Å²) in [6.07, 6.45) is 0.784. The summed E-state index contributed by atoms with van der Waals surface area (Å²) in [4.78, 5) is 35.7. The van der Waals surface area contributed by atoms with E-state index in [1.807, 2.05) is 49.4 Å². The van der Waals surface area contributed by atoms with E-state index in [-0.39, 0.29) is 17.2 Å². The summed E-state index contributed by atoms with van der Waals surface area (Å²) in [5, 5.41) is 4.04. The van der Waals surface area contributed by atoms with Crippen LogP contribution in [0.4, 0.5) is 5.13 Å². The molecule has 0 unspecified atom stereocenters. The van der Waals surface area contributed by atoms with Crippen molar-refractivity contribution in [2.24, 2.45) is 0 Å². The van der Waals surface area contributed by atoms with Gasteiger partial charge in [0.2, 0.25) is 5.91 Å². The van der Waals surface area contributed by atoms with Crippen LogP contribution in [0.2, 0.25) is 0 Å². The van der Waals surface area contributed by atoms with Gasteiger partial charge in [-0.1, -0.05) is 59.5 Å². The van der Waals surface area contributed by atoms with Crippen LogP contribution in [0.3, 0.4) is 0 Å². The third-order valence-corrected chi connectivity index (χ3v) is 8.07. The molecule has 0 fully saturated rings. The normalized spacial score (nSPS) is 12.8. The van der Waals surface area contributed by atoms with Gasteiger partial charge in [-0.25, -0.2) is 9.97 Å². The molecule has 0 atom stereocenters. The lowest BCUT2D eigenvalue weighted by molar-refractivity contribution is -0.113. The average molecular weight is 481 g/mol. The number of nitrogens with one attached hydrogen (secondary N) is 1. The zero-order valence-electron chi connectivity index (χ0n) is 17.3. The maximum atomic E-state index is 13.1. The molecule has 1 amide bonds. The molecule has 0 saturated heterocycles. The molecule has 32 heavy (non-hydrogen) atoms. The second-order valence-corrected chi connectivity index (χ2v) is 10.6. The van der Waals surface area contributed by atoms with Gasteiger partial charge in [-0.15, -0.1) is 11.8 Å². The van der Waals surface area contributed by atoms with E-state index in [0.29, 0.717) is 16.8 Å². The summed E-state index contributed by atoms with van der Waals surface area (Å²) in [5.41, 5.74) is 3.87. The molecule has 5 rings (SSSR count). The van der Waals surface area contributed by atoms with Gasteiger partial charge in [0.05, 0.1) is 33.1 Å². The number of hydrogen-bond acceptors (Lipinski definition) is 7. The van der Waals surface area contributed by atoms with Gasteiger partial charge in [-0.05, 0) is 30.2 Å². The van der Waals surface area contributed by atoms with Crippen LogP contribution in [0.1, 0.15) is 16.8 Å². The Balaban J connectivity index is 1.35. The van der Waals surface area contributed by atoms with E-state index in [2.05, 4.69) is 16.4 Å². The number of rotatable bonds is 6. The highest BCUT2D eigenvalue weighted by Gasteiger charge is 2.22. The average Bonchev–Trinajstić information content (AvgIpc) is 3.41. The summed E-state index contributed by atoms with van der Waals surface area (Å²) in [7, 11) is 0. The fraction of sp³-hybridized carbons (Fsp3) is 0.217. The summed E-state index contributed by atoms with van der Waals surface area (Å²) in [6, 6.07) is 15.9. The van der Waals surface area contributed by atoms with Gasteiger partial charge in [0, 0.05) is 12.2 Å². The maximum Gasteiger partial charge on any atom is 0.268 e. The fourth-order valence-corrected chi connectivity index (χ4v) is 6.35. The second kappa shape index (κ2) is 9.09. The molecule has 0 spiro atoms.